The normalized spacial score (nSPS) is 26.9. The number of hydrogen-bond acceptors (Lipinski definition) is 3. The lowest BCUT2D eigenvalue weighted by atomic mass is 10.4. The second-order valence-corrected chi connectivity index (χ2v) is 4.52. The molecule has 1 unspecified atom stereocenters. The fraction of sp³-hybridized carbons (Fsp3) is 0.333. The summed E-state index contributed by atoms with van der Waals surface area (Å²) < 4.78 is 11.2. The van der Waals surface area contributed by atoms with Crippen molar-refractivity contribution in [3.05, 3.63) is 36.3 Å². The highest BCUT2D eigenvalue weighted by Gasteiger charge is 2.19. The average Bonchev–Trinajstić information content (AvgIpc) is 2.43. The summed E-state index contributed by atoms with van der Waals surface area (Å²) in [5, 5.41) is 3.15. The van der Waals surface area contributed by atoms with Gasteiger partial charge in [0.15, 0.2) is 0 Å². The molecule has 0 aromatic carbocycles. The third kappa shape index (κ3) is 2.01. The zero-order chi connectivity index (χ0) is 9.10. The molecule has 2 heterocycles. The molecule has 1 atom stereocenters. The van der Waals surface area contributed by atoms with E-state index in [1.54, 1.807) is 0 Å². The van der Waals surface area contributed by atoms with Gasteiger partial charge in [0.05, 0.1) is 5.88 Å². The van der Waals surface area contributed by atoms with Crippen LogP contribution in [0.5, 0.6) is 0 Å². The summed E-state index contributed by atoms with van der Waals surface area (Å²) >= 11 is 0. The van der Waals surface area contributed by atoms with Gasteiger partial charge in [-0.05, 0) is 12.2 Å². The Morgan fingerprint density at radius 3 is 3.08 bits per heavy atom. The van der Waals surface area contributed by atoms with E-state index in [9.17, 15) is 4.21 Å². The van der Waals surface area contributed by atoms with Crippen molar-refractivity contribution in [3.63, 3.8) is 0 Å². The molecule has 13 heavy (non-hydrogen) atoms. The smallest absolute Gasteiger partial charge is 0.106 e. The molecule has 2 aliphatic heterocycles. The van der Waals surface area contributed by atoms with Gasteiger partial charge in [-0.3, -0.25) is 4.21 Å². The first-order chi connectivity index (χ1) is 6.36. The number of nitrogens with one attached hydrogen (secondary N) is 1. The number of hydrogen-bond donors (Lipinski definition) is 1. The maximum atomic E-state index is 11.2. The van der Waals surface area contributed by atoms with Crippen molar-refractivity contribution < 1.29 is 4.21 Å². The van der Waals surface area contributed by atoms with Crippen LogP contribution in [0.2, 0.25) is 0 Å². The van der Waals surface area contributed by atoms with Gasteiger partial charge in [0, 0.05) is 29.3 Å². The first-order valence-electron chi connectivity index (χ1n) is 4.26. The number of rotatable bonds is 1. The fourth-order valence-electron chi connectivity index (χ4n) is 1.35. The molecular formula is C9H12N2OS. The van der Waals surface area contributed by atoms with Crippen LogP contribution in [-0.2, 0) is 10.8 Å². The van der Waals surface area contributed by atoms with Gasteiger partial charge in [0.1, 0.15) is 5.82 Å². The molecule has 0 aromatic heterocycles. The van der Waals surface area contributed by atoms with E-state index in [0.717, 1.165) is 18.1 Å². The molecule has 0 amide bonds. The zero-order valence-corrected chi connectivity index (χ0v) is 8.09. The SMILES string of the molecule is O=S1CCN(C2=CC=CC=CN2)C1. The predicted molar refractivity (Wildman–Crippen MR) is 54.1 cm³/mol. The monoisotopic (exact) mass is 196 g/mol. The van der Waals surface area contributed by atoms with Crippen LogP contribution in [0, 0.1) is 0 Å². The van der Waals surface area contributed by atoms with Gasteiger partial charge in [0.2, 0.25) is 0 Å². The van der Waals surface area contributed by atoms with Crippen LogP contribution in [0.15, 0.2) is 36.3 Å². The zero-order valence-electron chi connectivity index (χ0n) is 7.27. The maximum Gasteiger partial charge on any atom is 0.106 e. The average molecular weight is 196 g/mol. The molecule has 3 nitrogen and oxygen atoms in total. The highest BCUT2D eigenvalue weighted by Crippen LogP contribution is 2.10. The molecule has 70 valence electrons. The Labute approximate surface area is 80.3 Å². The molecule has 1 N–H and O–H groups in total. The lowest BCUT2D eigenvalue weighted by molar-refractivity contribution is 0.422. The summed E-state index contributed by atoms with van der Waals surface area (Å²) in [5.41, 5.74) is 0. The summed E-state index contributed by atoms with van der Waals surface area (Å²) in [5.74, 6) is 2.48. The molecule has 2 aliphatic rings. The Bertz CT molecular complexity index is 307. The molecule has 4 heteroatoms. The Hall–Kier alpha value is -1.03. The van der Waals surface area contributed by atoms with Crippen molar-refractivity contribution in [3.8, 4) is 0 Å². The lowest BCUT2D eigenvalue weighted by Gasteiger charge is -2.19. The van der Waals surface area contributed by atoms with Crippen molar-refractivity contribution in [2.75, 3.05) is 18.2 Å². The Balaban J connectivity index is 2.08. The van der Waals surface area contributed by atoms with Crippen molar-refractivity contribution in [1.29, 1.82) is 0 Å². The standard InChI is InChI=1S/C9H12N2OS/c12-13-7-6-11(8-13)9-4-2-1-3-5-10-9/h1-5,10H,6-8H2. The molecule has 0 bridgehead atoms. The van der Waals surface area contributed by atoms with E-state index in [0.29, 0.717) is 5.88 Å². The third-order valence-electron chi connectivity index (χ3n) is 2.03. The van der Waals surface area contributed by atoms with Gasteiger partial charge in [-0.1, -0.05) is 12.2 Å². The summed E-state index contributed by atoms with van der Waals surface area (Å²) in [6, 6.07) is 0. The number of nitrogens with zero attached hydrogens (tertiary/aromatic N) is 1. The molecule has 0 aliphatic carbocycles. The highest BCUT2D eigenvalue weighted by molar-refractivity contribution is 7.85. The van der Waals surface area contributed by atoms with E-state index < -0.39 is 10.8 Å². The molecule has 0 saturated carbocycles. The minimum absolute atomic E-state index is 0.653. The first-order valence-corrected chi connectivity index (χ1v) is 5.75. The van der Waals surface area contributed by atoms with Crippen molar-refractivity contribution in [2.45, 2.75) is 0 Å². The molecule has 2 rings (SSSR count). The van der Waals surface area contributed by atoms with Gasteiger partial charge in [-0.25, -0.2) is 0 Å². The summed E-state index contributed by atoms with van der Waals surface area (Å²) in [6.45, 7) is 0.882. The summed E-state index contributed by atoms with van der Waals surface area (Å²) in [6.07, 6.45) is 9.77. The Morgan fingerprint density at radius 1 is 1.38 bits per heavy atom. The quantitative estimate of drug-likeness (QED) is 0.663. The fourth-order valence-corrected chi connectivity index (χ4v) is 2.52. The molecule has 0 radical (unpaired) electrons. The van der Waals surface area contributed by atoms with Gasteiger partial charge in [-0.15, -0.1) is 0 Å². The largest absolute Gasteiger partial charge is 0.348 e. The molecule has 0 spiro atoms. The molecule has 0 aromatic rings. The lowest BCUT2D eigenvalue weighted by Crippen LogP contribution is -2.26. The first kappa shape index (κ1) is 8.56. The number of allylic oxidation sites excluding steroid dienone is 4. The van der Waals surface area contributed by atoms with Crippen LogP contribution in [0.1, 0.15) is 0 Å². The van der Waals surface area contributed by atoms with Crippen molar-refractivity contribution in [2.24, 2.45) is 0 Å². The minimum atomic E-state index is -0.663. The van der Waals surface area contributed by atoms with Crippen molar-refractivity contribution in [1.82, 2.24) is 10.2 Å². The Morgan fingerprint density at radius 2 is 2.31 bits per heavy atom. The Kier molecular flexibility index (Phi) is 2.49. The van der Waals surface area contributed by atoms with Crippen LogP contribution >= 0.6 is 0 Å². The van der Waals surface area contributed by atoms with Crippen LogP contribution in [-0.4, -0.2) is 27.3 Å². The van der Waals surface area contributed by atoms with Crippen LogP contribution in [0.4, 0.5) is 0 Å². The minimum Gasteiger partial charge on any atom is -0.348 e. The highest BCUT2D eigenvalue weighted by atomic mass is 32.2. The van der Waals surface area contributed by atoms with E-state index >= 15 is 0 Å². The summed E-state index contributed by atoms with van der Waals surface area (Å²) in [7, 11) is -0.663. The molecule has 1 fully saturated rings. The molecular weight excluding hydrogens is 184 g/mol. The van der Waals surface area contributed by atoms with E-state index in [4.69, 9.17) is 0 Å². The van der Waals surface area contributed by atoms with Gasteiger partial charge < -0.3 is 10.2 Å². The summed E-state index contributed by atoms with van der Waals surface area (Å²) in [4.78, 5) is 2.11. The van der Waals surface area contributed by atoms with Crippen LogP contribution in [0.25, 0.3) is 0 Å². The topological polar surface area (TPSA) is 32.3 Å². The van der Waals surface area contributed by atoms with E-state index in [1.807, 2.05) is 30.5 Å². The van der Waals surface area contributed by atoms with Gasteiger partial charge in [0.25, 0.3) is 0 Å². The van der Waals surface area contributed by atoms with Crippen LogP contribution < -0.4 is 5.32 Å². The van der Waals surface area contributed by atoms with E-state index in [-0.39, 0.29) is 0 Å². The van der Waals surface area contributed by atoms with Crippen LogP contribution in [0.3, 0.4) is 0 Å². The van der Waals surface area contributed by atoms with Gasteiger partial charge in [-0.2, -0.15) is 0 Å². The van der Waals surface area contributed by atoms with E-state index in [2.05, 4.69) is 10.2 Å². The van der Waals surface area contributed by atoms with Crippen molar-refractivity contribution >= 4 is 10.8 Å². The second kappa shape index (κ2) is 3.79. The predicted octanol–water partition coefficient (Wildman–Crippen LogP) is 0.523. The molecule has 1 saturated heterocycles. The second-order valence-electron chi connectivity index (χ2n) is 2.98. The van der Waals surface area contributed by atoms with E-state index in [1.165, 1.54) is 0 Å². The van der Waals surface area contributed by atoms with Gasteiger partial charge >= 0.3 is 0 Å². The maximum absolute atomic E-state index is 11.2. The third-order valence-corrected chi connectivity index (χ3v) is 3.27.